The Morgan fingerprint density at radius 3 is 2.93 bits per heavy atom. The molecule has 0 amide bonds. The highest BCUT2D eigenvalue weighted by Gasteiger charge is 2.17. The second-order valence-electron chi connectivity index (χ2n) is 7.07. The highest BCUT2D eigenvalue weighted by atomic mass is 16.5. The van der Waals surface area contributed by atoms with Crippen LogP contribution in [0.1, 0.15) is 25.8 Å². The summed E-state index contributed by atoms with van der Waals surface area (Å²) in [4.78, 5) is 22.9. The minimum absolute atomic E-state index is 0.0232. The third-order valence-electron chi connectivity index (χ3n) is 4.63. The smallest absolute Gasteiger partial charge is 0.259 e. The molecule has 0 saturated carbocycles. The maximum absolute atomic E-state index is 10.7. The summed E-state index contributed by atoms with van der Waals surface area (Å²) in [7, 11) is 1.56. The van der Waals surface area contributed by atoms with Crippen LogP contribution in [-0.2, 0) is 11.2 Å². The number of methoxy groups -OCH3 is 1. The lowest BCUT2D eigenvalue weighted by Crippen LogP contribution is -2.08. The van der Waals surface area contributed by atoms with Gasteiger partial charge in [0.1, 0.15) is 6.29 Å². The Morgan fingerprint density at radius 1 is 1.30 bits per heavy atom. The van der Waals surface area contributed by atoms with Gasteiger partial charge in [-0.1, -0.05) is 17.3 Å². The SMILES string of the molecule is COc1cc(-c2nc(-c3cccc4c(CCC=O)c[nH]c34)no2)cnc1OC(C)C. The number of fused-ring (bicyclic) bond motifs is 1. The third kappa shape index (κ3) is 3.76. The number of para-hydroxylation sites is 1. The first-order valence-electron chi connectivity index (χ1n) is 9.68. The van der Waals surface area contributed by atoms with E-state index in [-0.39, 0.29) is 6.10 Å². The van der Waals surface area contributed by atoms with E-state index in [4.69, 9.17) is 14.0 Å². The molecule has 1 aromatic carbocycles. The summed E-state index contributed by atoms with van der Waals surface area (Å²) >= 11 is 0. The molecule has 0 aliphatic carbocycles. The summed E-state index contributed by atoms with van der Waals surface area (Å²) in [5, 5.41) is 5.19. The van der Waals surface area contributed by atoms with E-state index in [1.807, 2.05) is 38.2 Å². The highest BCUT2D eigenvalue weighted by Crippen LogP contribution is 2.33. The van der Waals surface area contributed by atoms with Crippen LogP contribution >= 0.6 is 0 Å². The number of aromatic nitrogens is 4. The summed E-state index contributed by atoms with van der Waals surface area (Å²) < 4.78 is 16.5. The number of nitrogens with zero attached hydrogens (tertiary/aromatic N) is 3. The Morgan fingerprint density at radius 2 is 2.17 bits per heavy atom. The van der Waals surface area contributed by atoms with Gasteiger partial charge in [0.05, 0.1) is 24.3 Å². The van der Waals surface area contributed by atoms with Gasteiger partial charge in [-0.05, 0) is 31.9 Å². The fourth-order valence-electron chi connectivity index (χ4n) is 3.28. The molecule has 0 unspecified atom stereocenters. The molecule has 0 aliphatic heterocycles. The second-order valence-corrected chi connectivity index (χ2v) is 7.07. The molecule has 1 N–H and O–H groups in total. The Hall–Kier alpha value is -3.68. The van der Waals surface area contributed by atoms with Crippen molar-refractivity contribution in [3.05, 3.63) is 42.2 Å². The lowest BCUT2D eigenvalue weighted by Gasteiger charge is -2.12. The number of nitrogens with one attached hydrogen (secondary N) is 1. The standard InChI is InChI=1S/C22H22N4O4/c1-13(2)29-22-18(28-3)10-15(12-24-22)21-25-20(26-30-21)17-8-4-7-16-14(6-5-9-27)11-23-19(16)17/h4,7-13,23H,5-6H2,1-3H3. The number of pyridine rings is 1. The molecular formula is C22H22N4O4. The van der Waals surface area contributed by atoms with Crippen LogP contribution in [0.15, 0.2) is 41.2 Å². The van der Waals surface area contributed by atoms with Crippen molar-refractivity contribution >= 4 is 17.2 Å². The third-order valence-corrected chi connectivity index (χ3v) is 4.63. The maximum Gasteiger partial charge on any atom is 0.259 e. The van der Waals surface area contributed by atoms with Gasteiger partial charge in [0, 0.05) is 35.8 Å². The van der Waals surface area contributed by atoms with E-state index in [0.717, 1.165) is 28.3 Å². The number of aryl methyl sites for hydroxylation is 1. The predicted octanol–water partition coefficient (Wildman–Crippen LogP) is 4.21. The van der Waals surface area contributed by atoms with Crippen molar-refractivity contribution in [1.29, 1.82) is 0 Å². The Bertz CT molecular complexity index is 1180. The number of hydrogen-bond donors (Lipinski definition) is 1. The fraction of sp³-hybridized carbons (Fsp3) is 0.273. The molecule has 0 atom stereocenters. The van der Waals surface area contributed by atoms with Gasteiger partial charge in [-0.15, -0.1) is 0 Å². The van der Waals surface area contributed by atoms with Crippen LogP contribution < -0.4 is 9.47 Å². The number of aldehydes is 1. The van der Waals surface area contributed by atoms with E-state index in [9.17, 15) is 4.79 Å². The molecule has 8 heteroatoms. The molecule has 0 fully saturated rings. The van der Waals surface area contributed by atoms with E-state index in [2.05, 4.69) is 20.1 Å². The number of rotatable bonds is 8. The molecule has 3 heterocycles. The lowest BCUT2D eigenvalue weighted by molar-refractivity contribution is -0.107. The average molecular weight is 406 g/mol. The van der Waals surface area contributed by atoms with E-state index < -0.39 is 0 Å². The van der Waals surface area contributed by atoms with Crippen LogP contribution in [0, 0.1) is 0 Å². The van der Waals surface area contributed by atoms with Gasteiger partial charge >= 0.3 is 0 Å². The number of carbonyl (C=O) groups excluding carboxylic acids is 1. The number of aromatic amines is 1. The predicted molar refractivity (Wildman–Crippen MR) is 112 cm³/mol. The summed E-state index contributed by atoms with van der Waals surface area (Å²) in [5.41, 5.74) is 3.44. The largest absolute Gasteiger partial charge is 0.491 e. The van der Waals surface area contributed by atoms with Crippen molar-refractivity contribution in [2.75, 3.05) is 7.11 Å². The van der Waals surface area contributed by atoms with E-state index in [1.165, 1.54) is 0 Å². The first kappa shape index (κ1) is 19.6. The number of ether oxygens (including phenoxy) is 2. The number of benzene rings is 1. The molecule has 0 radical (unpaired) electrons. The topological polar surface area (TPSA) is 103 Å². The van der Waals surface area contributed by atoms with Gasteiger partial charge in [0.2, 0.25) is 5.82 Å². The zero-order valence-electron chi connectivity index (χ0n) is 17.0. The molecule has 4 aromatic rings. The van der Waals surface area contributed by atoms with Gasteiger partial charge in [0.15, 0.2) is 5.75 Å². The Balaban J connectivity index is 1.68. The van der Waals surface area contributed by atoms with Crippen LogP contribution in [0.25, 0.3) is 33.7 Å². The highest BCUT2D eigenvalue weighted by molar-refractivity contribution is 5.94. The Labute approximate surface area is 173 Å². The van der Waals surface area contributed by atoms with Crippen molar-refractivity contribution in [3.8, 4) is 34.5 Å². The zero-order valence-corrected chi connectivity index (χ0v) is 17.0. The number of H-pyrrole nitrogens is 1. The molecule has 0 spiro atoms. The molecule has 8 nitrogen and oxygen atoms in total. The molecule has 4 rings (SSSR count). The monoisotopic (exact) mass is 406 g/mol. The van der Waals surface area contributed by atoms with Crippen molar-refractivity contribution < 1.29 is 18.8 Å². The average Bonchev–Trinajstić information content (AvgIpc) is 3.39. The summed E-state index contributed by atoms with van der Waals surface area (Å²) in [5.74, 6) is 1.69. The van der Waals surface area contributed by atoms with Crippen molar-refractivity contribution in [2.24, 2.45) is 0 Å². The summed E-state index contributed by atoms with van der Waals surface area (Å²) in [6, 6.07) is 7.64. The van der Waals surface area contributed by atoms with Crippen LogP contribution in [0.4, 0.5) is 0 Å². The maximum atomic E-state index is 10.7. The summed E-state index contributed by atoms with van der Waals surface area (Å²) in [6.45, 7) is 3.84. The van der Waals surface area contributed by atoms with Gasteiger partial charge in [-0.2, -0.15) is 4.98 Å². The minimum atomic E-state index is -0.0232. The fourth-order valence-corrected chi connectivity index (χ4v) is 3.28. The van der Waals surface area contributed by atoms with Crippen molar-refractivity contribution in [2.45, 2.75) is 32.8 Å². The van der Waals surface area contributed by atoms with Crippen molar-refractivity contribution in [1.82, 2.24) is 20.1 Å². The second kappa shape index (κ2) is 8.36. The normalized spacial score (nSPS) is 11.2. The first-order chi connectivity index (χ1) is 14.6. The Kier molecular flexibility index (Phi) is 5.47. The van der Waals surface area contributed by atoms with Gasteiger partial charge < -0.3 is 23.8 Å². The molecular weight excluding hydrogens is 384 g/mol. The lowest BCUT2D eigenvalue weighted by atomic mass is 10.1. The first-order valence-corrected chi connectivity index (χ1v) is 9.68. The minimum Gasteiger partial charge on any atom is -0.491 e. The molecule has 30 heavy (non-hydrogen) atoms. The molecule has 0 bridgehead atoms. The van der Waals surface area contributed by atoms with Gasteiger partial charge in [-0.25, -0.2) is 4.98 Å². The van der Waals surface area contributed by atoms with Crippen LogP contribution in [0.2, 0.25) is 0 Å². The van der Waals surface area contributed by atoms with E-state index in [0.29, 0.717) is 41.7 Å². The van der Waals surface area contributed by atoms with E-state index >= 15 is 0 Å². The van der Waals surface area contributed by atoms with Gasteiger partial charge in [0.25, 0.3) is 11.8 Å². The number of hydrogen-bond acceptors (Lipinski definition) is 7. The van der Waals surface area contributed by atoms with E-state index in [1.54, 1.807) is 19.4 Å². The van der Waals surface area contributed by atoms with Gasteiger partial charge in [-0.3, -0.25) is 0 Å². The number of carbonyl (C=O) groups is 1. The zero-order chi connectivity index (χ0) is 21.1. The quantitative estimate of drug-likeness (QED) is 0.437. The molecule has 0 aliphatic rings. The molecule has 3 aromatic heterocycles. The summed E-state index contributed by atoms with van der Waals surface area (Å²) in [6.07, 6.45) is 5.60. The van der Waals surface area contributed by atoms with Crippen LogP contribution in [0.5, 0.6) is 11.6 Å². The molecule has 154 valence electrons. The molecule has 0 saturated heterocycles. The van der Waals surface area contributed by atoms with Crippen molar-refractivity contribution in [3.63, 3.8) is 0 Å². The van der Waals surface area contributed by atoms with Crippen LogP contribution in [-0.4, -0.2) is 39.6 Å². The van der Waals surface area contributed by atoms with Crippen LogP contribution in [0.3, 0.4) is 0 Å².